The normalized spacial score (nSPS) is 9.75. The summed E-state index contributed by atoms with van der Waals surface area (Å²) in [5.74, 6) is 0.473. The molecule has 3 nitrogen and oxygen atoms in total. The van der Waals surface area contributed by atoms with Gasteiger partial charge in [0.2, 0.25) is 0 Å². The van der Waals surface area contributed by atoms with Gasteiger partial charge in [0.25, 0.3) is 0 Å². The lowest BCUT2D eigenvalue weighted by atomic mass is 10.1. The van der Waals surface area contributed by atoms with Crippen LogP contribution in [0.25, 0.3) is 11.1 Å². The highest BCUT2D eigenvalue weighted by Crippen LogP contribution is 2.29. The number of hydrogen-bond acceptors (Lipinski definition) is 2. The first-order chi connectivity index (χ1) is 7.77. The van der Waals surface area contributed by atoms with Crippen molar-refractivity contribution in [3.63, 3.8) is 0 Å². The highest BCUT2D eigenvalue weighted by atomic mass is 16.5. The van der Waals surface area contributed by atoms with Crippen LogP contribution < -0.4 is 10.5 Å². The standard InChI is InChI=1S/C13H11NO2/c14-13(15)16-12-9-5-4-8-11(12)10-6-2-1-3-7-10/h1-9H,(H2,14,15). The van der Waals surface area contributed by atoms with E-state index in [1.807, 2.05) is 42.5 Å². The molecule has 0 fully saturated rings. The second-order valence-electron chi connectivity index (χ2n) is 3.28. The summed E-state index contributed by atoms with van der Waals surface area (Å²) in [7, 11) is 0. The quantitative estimate of drug-likeness (QED) is 0.833. The van der Waals surface area contributed by atoms with E-state index in [1.54, 1.807) is 12.1 Å². The van der Waals surface area contributed by atoms with Crippen LogP contribution in [0, 0.1) is 0 Å². The molecule has 3 heteroatoms. The number of primary amides is 1. The Bertz CT molecular complexity index is 494. The topological polar surface area (TPSA) is 52.3 Å². The van der Waals surface area contributed by atoms with Gasteiger partial charge in [0.1, 0.15) is 5.75 Å². The SMILES string of the molecule is NC(=O)Oc1ccccc1-c1ccccc1. The molecule has 1 amide bonds. The maximum absolute atomic E-state index is 10.8. The monoisotopic (exact) mass is 213 g/mol. The maximum atomic E-state index is 10.8. The van der Waals surface area contributed by atoms with Crippen molar-refractivity contribution in [1.29, 1.82) is 0 Å². The van der Waals surface area contributed by atoms with Crippen molar-refractivity contribution in [3.05, 3.63) is 54.6 Å². The third kappa shape index (κ3) is 2.20. The van der Waals surface area contributed by atoms with Crippen LogP contribution in [-0.4, -0.2) is 6.09 Å². The molecule has 0 spiro atoms. The average Bonchev–Trinajstić information content (AvgIpc) is 2.30. The number of carbonyl (C=O) groups is 1. The Morgan fingerprint density at radius 3 is 2.25 bits per heavy atom. The smallest absolute Gasteiger partial charge is 0.409 e. The minimum atomic E-state index is -0.802. The summed E-state index contributed by atoms with van der Waals surface area (Å²) in [5, 5.41) is 0. The first-order valence-corrected chi connectivity index (χ1v) is 4.89. The summed E-state index contributed by atoms with van der Waals surface area (Å²) < 4.78 is 4.94. The zero-order valence-corrected chi connectivity index (χ0v) is 8.59. The predicted molar refractivity (Wildman–Crippen MR) is 62.1 cm³/mol. The van der Waals surface area contributed by atoms with Crippen LogP contribution in [-0.2, 0) is 0 Å². The molecule has 2 rings (SSSR count). The molecule has 0 aliphatic carbocycles. The molecule has 0 atom stereocenters. The minimum absolute atomic E-state index is 0.473. The van der Waals surface area contributed by atoms with E-state index >= 15 is 0 Å². The third-order valence-corrected chi connectivity index (χ3v) is 2.18. The van der Waals surface area contributed by atoms with Crippen LogP contribution in [0.2, 0.25) is 0 Å². The molecule has 2 N–H and O–H groups in total. The fourth-order valence-electron chi connectivity index (χ4n) is 1.52. The Balaban J connectivity index is 2.44. The molecule has 0 bridgehead atoms. The van der Waals surface area contributed by atoms with Crippen molar-refractivity contribution in [2.45, 2.75) is 0 Å². The van der Waals surface area contributed by atoms with E-state index < -0.39 is 6.09 Å². The van der Waals surface area contributed by atoms with Gasteiger partial charge in [-0.1, -0.05) is 48.5 Å². The molecule has 2 aromatic carbocycles. The molecule has 2 aromatic rings. The fourth-order valence-corrected chi connectivity index (χ4v) is 1.52. The number of benzene rings is 2. The van der Waals surface area contributed by atoms with Gasteiger partial charge in [-0.15, -0.1) is 0 Å². The lowest BCUT2D eigenvalue weighted by molar-refractivity contribution is 0.211. The van der Waals surface area contributed by atoms with Gasteiger partial charge in [-0.05, 0) is 11.6 Å². The molecule has 0 aromatic heterocycles. The molecule has 0 unspecified atom stereocenters. The van der Waals surface area contributed by atoms with E-state index in [0.717, 1.165) is 11.1 Å². The van der Waals surface area contributed by atoms with Crippen molar-refractivity contribution in [1.82, 2.24) is 0 Å². The maximum Gasteiger partial charge on any atom is 0.409 e. The largest absolute Gasteiger partial charge is 0.410 e. The summed E-state index contributed by atoms with van der Waals surface area (Å²) in [6, 6.07) is 17.0. The van der Waals surface area contributed by atoms with E-state index in [9.17, 15) is 4.79 Å². The minimum Gasteiger partial charge on any atom is -0.410 e. The van der Waals surface area contributed by atoms with Crippen LogP contribution in [0.1, 0.15) is 0 Å². The van der Waals surface area contributed by atoms with Crippen LogP contribution in [0.5, 0.6) is 5.75 Å². The molecule has 16 heavy (non-hydrogen) atoms. The molecule has 0 aliphatic heterocycles. The van der Waals surface area contributed by atoms with Crippen molar-refractivity contribution >= 4 is 6.09 Å². The van der Waals surface area contributed by atoms with E-state index in [0.29, 0.717) is 5.75 Å². The summed E-state index contributed by atoms with van der Waals surface area (Å²) in [4.78, 5) is 10.8. The van der Waals surface area contributed by atoms with Crippen molar-refractivity contribution in [2.24, 2.45) is 5.73 Å². The van der Waals surface area contributed by atoms with Crippen molar-refractivity contribution in [3.8, 4) is 16.9 Å². The second-order valence-corrected chi connectivity index (χ2v) is 3.28. The molecule has 0 heterocycles. The van der Waals surface area contributed by atoms with Gasteiger partial charge in [0.15, 0.2) is 0 Å². The average molecular weight is 213 g/mol. The van der Waals surface area contributed by atoms with Gasteiger partial charge in [-0.3, -0.25) is 0 Å². The number of rotatable bonds is 2. The zero-order chi connectivity index (χ0) is 11.4. The van der Waals surface area contributed by atoms with Gasteiger partial charge < -0.3 is 10.5 Å². The molecule has 0 saturated carbocycles. The Morgan fingerprint density at radius 1 is 0.938 bits per heavy atom. The number of nitrogens with two attached hydrogens (primary N) is 1. The first kappa shape index (κ1) is 10.2. The number of ether oxygens (including phenoxy) is 1. The third-order valence-electron chi connectivity index (χ3n) is 2.18. The van der Waals surface area contributed by atoms with E-state index in [1.165, 1.54) is 0 Å². The Hall–Kier alpha value is -2.29. The molecular formula is C13H11NO2. The van der Waals surface area contributed by atoms with Gasteiger partial charge in [-0.2, -0.15) is 0 Å². The van der Waals surface area contributed by atoms with E-state index in [-0.39, 0.29) is 0 Å². The van der Waals surface area contributed by atoms with Gasteiger partial charge in [0, 0.05) is 5.56 Å². The fraction of sp³-hybridized carbons (Fsp3) is 0. The Kier molecular flexibility index (Phi) is 2.87. The molecule has 0 aliphatic rings. The first-order valence-electron chi connectivity index (χ1n) is 4.89. The highest BCUT2D eigenvalue weighted by Gasteiger charge is 2.06. The Labute approximate surface area is 93.5 Å². The van der Waals surface area contributed by atoms with Crippen LogP contribution in [0.3, 0.4) is 0 Å². The Morgan fingerprint density at radius 2 is 1.56 bits per heavy atom. The summed E-state index contributed by atoms with van der Waals surface area (Å²) in [6.07, 6.45) is -0.802. The molecule has 0 radical (unpaired) electrons. The molecule has 0 saturated heterocycles. The number of hydrogen-bond donors (Lipinski definition) is 1. The molecular weight excluding hydrogens is 202 g/mol. The van der Waals surface area contributed by atoms with Gasteiger partial charge >= 0.3 is 6.09 Å². The number of para-hydroxylation sites is 1. The van der Waals surface area contributed by atoms with Crippen LogP contribution in [0.4, 0.5) is 4.79 Å². The van der Waals surface area contributed by atoms with Crippen molar-refractivity contribution < 1.29 is 9.53 Å². The summed E-state index contributed by atoms with van der Waals surface area (Å²) >= 11 is 0. The number of carbonyl (C=O) groups excluding carboxylic acids is 1. The predicted octanol–water partition coefficient (Wildman–Crippen LogP) is 2.81. The lowest BCUT2D eigenvalue weighted by Crippen LogP contribution is -2.16. The zero-order valence-electron chi connectivity index (χ0n) is 8.59. The van der Waals surface area contributed by atoms with E-state index in [2.05, 4.69) is 0 Å². The highest BCUT2D eigenvalue weighted by molar-refractivity contribution is 5.76. The van der Waals surface area contributed by atoms with Crippen LogP contribution in [0.15, 0.2) is 54.6 Å². The van der Waals surface area contributed by atoms with E-state index in [4.69, 9.17) is 10.5 Å². The van der Waals surface area contributed by atoms with Crippen LogP contribution >= 0.6 is 0 Å². The second kappa shape index (κ2) is 4.49. The van der Waals surface area contributed by atoms with Gasteiger partial charge in [-0.25, -0.2) is 4.79 Å². The summed E-state index contributed by atoms with van der Waals surface area (Å²) in [6.45, 7) is 0. The lowest BCUT2D eigenvalue weighted by Gasteiger charge is -2.07. The van der Waals surface area contributed by atoms with Crippen molar-refractivity contribution in [2.75, 3.05) is 0 Å². The summed E-state index contributed by atoms with van der Waals surface area (Å²) in [5.41, 5.74) is 6.84. The molecule has 80 valence electrons. The van der Waals surface area contributed by atoms with Gasteiger partial charge in [0.05, 0.1) is 0 Å². The number of amides is 1.